The number of pyridine rings is 1. The Morgan fingerprint density at radius 3 is 2.64 bits per heavy atom. The highest BCUT2D eigenvalue weighted by Gasteiger charge is 2.24. The van der Waals surface area contributed by atoms with Crippen molar-refractivity contribution >= 4 is 5.82 Å². The summed E-state index contributed by atoms with van der Waals surface area (Å²) < 4.78 is 5.45. The van der Waals surface area contributed by atoms with Crippen molar-refractivity contribution < 1.29 is 4.74 Å². The molecule has 0 amide bonds. The van der Waals surface area contributed by atoms with E-state index in [1.54, 1.807) is 0 Å². The number of nitrogen functional groups attached to an aromatic ring is 1. The van der Waals surface area contributed by atoms with Crippen LogP contribution in [0, 0.1) is 0 Å². The molecule has 2 N–H and O–H groups in total. The Hall–Kier alpha value is -1.25. The van der Waals surface area contributed by atoms with Crippen molar-refractivity contribution in [3.8, 4) is 5.88 Å². The molecule has 1 aromatic rings. The van der Waals surface area contributed by atoms with E-state index in [0.717, 1.165) is 31.7 Å². The number of hydrogen-bond donors (Lipinski definition) is 1. The third-order valence-corrected chi connectivity index (χ3v) is 3.21. The molecule has 74 valence electrons. The minimum absolute atomic E-state index is 0.695. The average molecular weight is 190 g/mol. The van der Waals surface area contributed by atoms with Crippen LogP contribution in [0.15, 0.2) is 0 Å². The molecule has 0 saturated carbocycles. The highest BCUT2D eigenvalue weighted by Crippen LogP contribution is 2.35. The van der Waals surface area contributed by atoms with Crippen molar-refractivity contribution in [2.45, 2.75) is 32.1 Å². The van der Waals surface area contributed by atoms with E-state index in [1.165, 1.54) is 29.5 Å². The van der Waals surface area contributed by atoms with Crippen LogP contribution in [0.1, 0.15) is 29.5 Å². The molecule has 1 aliphatic heterocycles. The second kappa shape index (κ2) is 2.87. The maximum atomic E-state index is 5.92. The summed E-state index contributed by atoms with van der Waals surface area (Å²) in [5.41, 5.74) is 9.98. The molecule has 1 aliphatic carbocycles. The molecular formula is C11H14N2O. The largest absolute Gasteiger partial charge is 0.477 e. The Morgan fingerprint density at radius 2 is 1.79 bits per heavy atom. The molecule has 0 fully saturated rings. The molecule has 0 atom stereocenters. The fourth-order valence-electron chi connectivity index (χ4n) is 2.52. The molecule has 3 rings (SSSR count). The minimum Gasteiger partial charge on any atom is -0.477 e. The number of anilines is 1. The number of aromatic nitrogens is 1. The molecule has 3 heteroatoms. The zero-order chi connectivity index (χ0) is 9.54. The second-order valence-corrected chi connectivity index (χ2v) is 4.04. The van der Waals surface area contributed by atoms with Crippen LogP contribution in [0.5, 0.6) is 5.88 Å². The lowest BCUT2D eigenvalue weighted by Crippen LogP contribution is -2.10. The molecular weight excluding hydrogens is 176 g/mol. The van der Waals surface area contributed by atoms with Gasteiger partial charge in [-0.05, 0) is 36.8 Å². The van der Waals surface area contributed by atoms with Gasteiger partial charge >= 0.3 is 0 Å². The molecule has 2 aliphatic rings. The van der Waals surface area contributed by atoms with Gasteiger partial charge in [-0.2, -0.15) is 4.98 Å². The Labute approximate surface area is 83.3 Å². The molecule has 0 aromatic carbocycles. The summed E-state index contributed by atoms with van der Waals surface area (Å²) in [5, 5.41) is 0. The lowest BCUT2D eigenvalue weighted by atomic mass is 9.88. The van der Waals surface area contributed by atoms with Gasteiger partial charge in [0.25, 0.3) is 0 Å². The summed E-state index contributed by atoms with van der Waals surface area (Å²) in [4.78, 5) is 4.32. The molecule has 0 spiro atoms. The summed E-state index contributed by atoms with van der Waals surface area (Å²) in [6.45, 7) is 0.776. The van der Waals surface area contributed by atoms with Crippen LogP contribution in [0.25, 0.3) is 0 Å². The normalized spacial score (nSPS) is 18.6. The highest BCUT2D eigenvalue weighted by molar-refractivity contribution is 5.54. The summed E-state index contributed by atoms with van der Waals surface area (Å²) >= 11 is 0. The average Bonchev–Trinajstić information content (AvgIpc) is 2.66. The van der Waals surface area contributed by atoms with Crippen molar-refractivity contribution in [2.24, 2.45) is 0 Å². The van der Waals surface area contributed by atoms with Crippen LogP contribution in [-0.2, 0) is 19.3 Å². The van der Waals surface area contributed by atoms with Crippen LogP contribution in [0.4, 0.5) is 5.82 Å². The van der Waals surface area contributed by atoms with Gasteiger partial charge in [0.15, 0.2) is 0 Å². The molecule has 3 nitrogen and oxygen atoms in total. The van der Waals surface area contributed by atoms with Crippen molar-refractivity contribution in [3.05, 3.63) is 16.7 Å². The van der Waals surface area contributed by atoms with Gasteiger partial charge in [-0.1, -0.05) is 0 Å². The first kappa shape index (κ1) is 8.09. The SMILES string of the molecule is Nc1nc2c(c3c1CCCC3)CCO2. The summed E-state index contributed by atoms with van der Waals surface area (Å²) in [6, 6.07) is 0. The van der Waals surface area contributed by atoms with E-state index >= 15 is 0 Å². The van der Waals surface area contributed by atoms with Crippen LogP contribution < -0.4 is 10.5 Å². The van der Waals surface area contributed by atoms with Gasteiger partial charge in [0.2, 0.25) is 5.88 Å². The van der Waals surface area contributed by atoms with Crippen molar-refractivity contribution in [1.29, 1.82) is 0 Å². The number of ether oxygens (including phenoxy) is 1. The van der Waals surface area contributed by atoms with Gasteiger partial charge in [-0.3, -0.25) is 0 Å². The summed E-state index contributed by atoms with van der Waals surface area (Å²) in [5.74, 6) is 1.49. The molecule has 0 radical (unpaired) electrons. The standard InChI is InChI=1S/C11H14N2O/c12-10-8-4-2-1-3-7(8)9-5-6-14-11(9)13-10/h1-6H2,(H2,12,13). The summed E-state index contributed by atoms with van der Waals surface area (Å²) in [6.07, 6.45) is 5.81. The molecule has 14 heavy (non-hydrogen) atoms. The first-order valence-corrected chi connectivity index (χ1v) is 5.29. The fraction of sp³-hybridized carbons (Fsp3) is 0.545. The Morgan fingerprint density at radius 1 is 1.00 bits per heavy atom. The monoisotopic (exact) mass is 190 g/mol. The molecule has 0 unspecified atom stereocenters. The molecule has 0 saturated heterocycles. The lowest BCUT2D eigenvalue weighted by molar-refractivity contribution is 0.345. The second-order valence-electron chi connectivity index (χ2n) is 4.04. The molecule has 1 aromatic heterocycles. The van der Waals surface area contributed by atoms with Gasteiger partial charge in [-0.15, -0.1) is 0 Å². The highest BCUT2D eigenvalue weighted by atomic mass is 16.5. The molecule has 2 heterocycles. The topological polar surface area (TPSA) is 48.1 Å². The fourth-order valence-corrected chi connectivity index (χ4v) is 2.52. The van der Waals surface area contributed by atoms with E-state index in [0.29, 0.717) is 5.82 Å². The first-order valence-electron chi connectivity index (χ1n) is 5.29. The third kappa shape index (κ3) is 1.01. The van der Waals surface area contributed by atoms with Crippen LogP contribution in [-0.4, -0.2) is 11.6 Å². The van der Waals surface area contributed by atoms with Gasteiger partial charge in [0.1, 0.15) is 5.82 Å². The van der Waals surface area contributed by atoms with E-state index < -0.39 is 0 Å². The predicted molar refractivity (Wildman–Crippen MR) is 54.5 cm³/mol. The maximum Gasteiger partial charge on any atom is 0.218 e. The smallest absolute Gasteiger partial charge is 0.218 e. The van der Waals surface area contributed by atoms with E-state index in [9.17, 15) is 0 Å². The Balaban J connectivity index is 2.22. The predicted octanol–water partition coefficient (Wildman–Crippen LogP) is 1.48. The number of hydrogen-bond acceptors (Lipinski definition) is 3. The Kier molecular flexibility index (Phi) is 1.66. The number of nitrogens with zero attached hydrogens (tertiary/aromatic N) is 1. The minimum atomic E-state index is 0.695. The number of rotatable bonds is 0. The van der Waals surface area contributed by atoms with E-state index in [1.807, 2.05) is 0 Å². The van der Waals surface area contributed by atoms with Gasteiger partial charge in [-0.25, -0.2) is 0 Å². The van der Waals surface area contributed by atoms with Crippen molar-refractivity contribution in [2.75, 3.05) is 12.3 Å². The van der Waals surface area contributed by atoms with Crippen LogP contribution in [0.3, 0.4) is 0 Å². The van der Waals surface area contributed by atoms with Crippen molar-refractivity contribution in [3.63, 3.8) is 0 Å². The van der Waals surface area contributed by atoms with E-state index in [2.05, 4.69) is 4.98 Å². The van der Waals surface area contributed by atoms with Crippen LogP contribution >= 0.6 is 0 Å². The van der Waals surface area contributed by atoms with Gasteiger partial charge in [0, 0.05) is 12.0 Å². The number of nitrogens with two attached hydrogens (primary N) is 1. The third-order valence-electron chi connectivity index (χ3n) is 3.21. The van der Waals surface area contributed by atoms with Crippen LogP contribution in [0.2, 0.25) is 0 Å². The lowest BCUT2D eigenvalue weighted by Gasteiger charge is -2.19. The quantitative estimate of drug-likeness (QED) is 0.674. The Bertz CT molecular complexity index is 384. The zero-order valence-electron chi connectivity index (χ0n) is 8.18. The molecule has 0 bridgehead atoms. The maximum absolute atomic E-state index is 5.92. The van der Waals surface area contributed by atoms with Gasteiger partial charge < -0.3 is 10.5 Å². The summed E-state index contributed by atoms with van der Waals surface area (Å²) in [7, 11) is 0. The first-order chi connectivity index (χ1) is 6.86. The number of fused-ring (bicyclic) bond motifs is 3. The zero-order valence-corrected chi connectivity index (χ0v) is 8.18. The van der Waals surface area contributed by atoms with E-state index in [-0.39, 0.29) is 0 Å². The van der Waals surface area contributed by atoms with E-state index in [4.69, 9.17) is 10.5 Å². The van der Waals surface area contributed by atoms with Gasteiger partial charge in [0.05, 0.1) is 6.61 Å². The van der Waals surface area contributed by atoms with Crippen molar-refractivity contribution in [1.82, 2.24) is 4.98 Å².